The van der Waals surface area contributed by atoms with E-state index < -0.39 is 0 Å². The van der Waals surface area contributed by atoms with Crippen LogP contribution in [0.15, 0.2) is 72.1 Å². The number of hydrogen-bond donors (Lipinski definition) is 0. The molecule has 0 aromatic carbocycles. The van der Waals surface area contributed by atoms with Gasteiger partial charge in [0.2, 0.25) is 0 Å². The predicted octanol–water partition coefficient (Wildman–Crippen LogP) is 6.55. The molecule has 0 spiro atoms. The first kappa shape index (κ1) is 23.4. The maximum Gasteiger partial charge on any atom is 0.167 e. The van der Waals surface area contributed by atoms with Gasteiger partial charge in [-0.3, -0.25) is 9.59 Å². The van der Waals surface area contributed by atoms with Crippen LogP contribution in [-0.2, 0) is 22.4 Å². The fourth-order valence-corrected chi connectivity index (χ4v) is 7.05. The van der Waals surface area contributed by atoms with Crippen molar-refractivity contribution in [1.29, 1.82) is 0 Å². The van der Waals surface area contributed by atoms with Gasteiger partial charge in [0.05, 0.1) is 11.6 Å². The third kappa shape index (κ3) is 3.95. The number of carbonyl (C=O) groups excluding carboxylic acids is 2. The van der Waals surface area contributed by atoms with Crippen molar-refractivity contribution in [1.82, 2.24) is 9.38 Å². The highest BCUT2D eigenvalue weighted by molar-refractivity contribution is 6.09. The lowest BCUT2D eigenvalue weighted by Crippen LogP contribution is -2.66. The number of ketones is 2. The Labute approximate surface area is 213 Å². The van der Waals surface area contributed by atoms with Crippen LogP contribution < -0.4 is 0 Å². The standard InChI is InChI=1S/C32H36N2O2/c1-30(2,3)32-19-31(20-32,21-32)14-6-7-22-10-13-29-33-25(18-34(29)17-22)11-12-27(35)24-15-23-8-4-5-9-26(23)28(36)16-24/h4-5,8-10,13,15-18,26H,6-7,11-12,14,19-21H2,1-3H3. The van der Waals surface area contributed by atoms with Crippen LogP contribution in [0.1, 0.15) is 70.6 Å². The van der Waals surface area contributed by atoms with Gasteiger partial charge in [0.1, 0.15) is 5.65 Å². The summed E-state index contributed by atoms with van der Waals surface area (Å²) in [5.41, 5.74) is 6.32. The zero-order valence-electron chi connectivity index (χ0n) is 21.7. The molecule has 2 heterocycles. The fourth-order valence-electron chi connectivity index (χ4n) is 7.05. The van der Waals surface area contributed by atoms with Crippen molar-refractivity contribution < 1.29 is 9.59 Å². The number of aromatic nitrogens is 2. The largest absolute Gasteiger partial charge is 0.307 e. The molecule has 5 aliphatic rings. The molecule has 36 heavy (non-hydrogen) atoms. The number of pyridine rings is 1. The molecule has 2 aromatic rings. The average Bonchev–Trinajstić information content (AvgIpc) is 3.19. The quantitative estimate of drug-likeness (QED) is 0.430. The highest BCUT2D eigenvalue weighted by Crippen LogP contribution is 2.80. The number of rotatable bonds is 8. The van der Waals surface area contributed by atoms with E-state index >= 15 is 0 Å². The van der Waals surface area contributed by atoms with Crippen LogP contribution in [0.5, 0.6) is 0 Å². The summed E-state index contributed by atoms with van der Waals surface area (Å²) >= 11 is 0. The van der Waals surface area contributed by atoms with E-state index in [1.54, 1.807) is 0 Å². The Kier molecular flexibility index (Phi) is 5.37. The van der Waals surface area contributed by atoms with E-state index in [1.165, 1.54) is 43.7 Å². The summed E-state index contributed by atoms with van der Waals surface area (Å²) in [6.07, 6.45) is 24.1. The molecule has 1 unspecified atom stereocenters. The van der Waals surface area contributed by atoms with E-state index in [1.807, 2.05) is 36.6 Å². The fraction of sp³-hybridized carbons (Fsp3) is 0.469. The van der Waals surface area contributed by atoms with Gasteiger partial charge in [-0.25, -0.2) is 4.98 Å². The Morgan fingerprint density at radius 2 is 1.89 bits per heavy atom. The molecule has 0 radical (unpaired) electrons. The van der Waals surface area contributed by atoms with Crippen molar-refractivity contribution in [3.05, 3.63) is 83.4 Å². The van der Waals surface area contributed by atoms with Gasteiger partial charge in [-0.05, 0) is 90.5 Å². The minimum Gasteiger partial charge on any atom is -0.307 e. The lowest BCUT2D eigenvalue weighted by atomic mass is 9.28. The van der Waals surface area contributed by atoms with Crippen LogP contribution in [0.3, 0.4) is 0 Å². The van der Waals surface area contributed by atoms with Crippen LogP contribution in [0.2, 0.25) is 0 Å². The molecule has 0 saturated heterocycles. The Balaban J connectivity index is 1.03. The van der Waals surface area contributed by atoms with Gasteiger partial charge in [0, 0.05) is 24.4 Å². The van der Waals surface area contributed by atoms with Gasteiger partial charge in [0.25, 0.3) is 0 Å². The van der Waals surface area contributed by atoms with Crippen LogP contribution in [0.4, 0.5) is 0 Å². The normalized spacial score (nSPS) is 28.3. The Morgan fingerprint density at radius 3 is 2.67 bits per heavy atom. The monoisotopic (exact) mass is 480 g/mol. The Morgan fingerprint density at radius 1 is 1.08 bits per heavy atom. The number of Topliss-reactive ketones (excluding diaryl/α,β-unsaturated/α-hetero) is 1. The smallest absolute Gasteiger partial charge is 0.167 e. The van der Waals surface area contributed by atoms with Crippen molar-refractivity contribution in [2.24, 2.45) is 22.2 Å². The number of carbonyl (C=O) groups is 2. The number of imidazole rings is 1. The van der Waals surface area contributed by atoms with Gasteiger partial charge >= 0.3 is 0 Å². The summed E-state index contributed by atoms with van der Waals surface area (Å²) < 4.78 is 2.10. The van der Waals surface area contributed by atoms with E-state index in [9.17, 15) is 9.59 Å². The molecule has 0 aliphatic heterocycles. The number of aryl methyl sites for hydroxylation is 2. The maximum absolute atomic E-state index is 12.8. The molecule has 7 rings (SSSR count). The zero-order chi connectivity index (χ0) is 25.1. The number of allylic oxidation sites excluding steroid dienone is 8. The van der Waals surface area contributed by atoms with Gasteiger partial charge in [0.15, 0.2) is 11.6 Å². The van der Waals surface area contributed by atoms with E-state index in [4.69, 9.17) is 4.98 Å². The topological polar surface area (TPSA) is 51.4 Å². The summed E-state index contributed by atoms with van der Waals surface area (Å²) in [5, 5.41) is 0. The van der Waals surface area contributed by atoms with E-state index in [0.717, 1.165) is 23.3 Å². The third-order valence-corrected chi connectivity index (χ3v) is 9.39. The van der Waals surface area contributed by atoms with Crippen molar-refractivity contribution >= 4 is 17.2 Å². The summed E-state index contributed by atoms with van der Waals surface area (Å²) in [5.74, 6) is -0.255. The summed E-state index contributed by atoms with van der Waals surface area (Å²) in [6.45, 7) is 7.23. The van der Waals surface area contributed by atoms with Crippen LogP contribution in [0.25, 0.3) is 5.65 Å². The number of fused-ring (bicyclic) bond motifs is 2. The van der Waals surface area contributed by atoms with Crippen LogP contribution >= 0.6 is 0 Å². The second-order valence-corrected chi connectivity index (χ2v) is 12.7. The molecule has 5 aliphatic carbocycles. The molecule has 4 nitrogen and oxygen atoms in total. The van der Waals surface area contributed by atoms with Crippen molar-refractivity contribution in [3.63, 3.8) is 0 Å². The van der Waals surface area contributed by atoms with Crippen molar-refractivity contribution in [2.75, 3.05) is 0 Å². The van der Waals surface area contributed by atoms with Crippen molar-refractivity contribution in [2.45, 2.75) is 72.1 Å². The SMILES string of the molecule is CC(C)(C)C12CC(CCCc3ccc4nc(CCC(=O)C5=CC(=O)C6C=CC=CC6=C5)cn4c3)(C1)C2. The molecule has 2 aromatic heterocycles. The third-order valence-electron chi connectivity index (χ3n) is 9.39. The van der Waals surface area contributed by atoms with Gasteiger partial charge in [-0.15, -0.1) is 0 Å². The highest BCUT2D eigenvalue weighted by Gasteiger charge is 2.70. The number of nitrogens with zero attached hydrogens (tertiary/aromatic N) is 2. The van der Waals surface area contributed by atoms with Gasteiger partial charge in [-0.1, -0.05) is 51.1 Å². The minimum absolute atomic E-state index is 0.00292. The first-order valence-corrected chi connectivity index (χ1v) is 13.5. The Hall–Kier alpha value is -3.01. The molecule has 0 N–H and O–H groups in total. The van der Waals surface area contributed by atoms with E-state index in [2.05, 4.69) is 43.5 Å². The molecular formula is C32H36N2O2. The summed E-state index contributed by atoms with van der Waals surface area (Å²) in [4.78, 5) is 29.9. The van der Waals surface area contributed by atoms with Crippen LogP contribution in [-0.4, -0.2) is 21.0 Å². The molecular weight excluding hydrogens is 444 g/mol. The molecule has 2 bridgehead atoms. The van der Waals surface area contributed by atoms with E-state index in [-0.39, 0.29) is 17.5 Å². The molecule has 186 valence electrons. The summed E-state index contributed by atoms with van der Waals surface area (Å²) in [6, 6.07) is 4.29. The molecule has 3 saturated carbocycles. The van der Waals surface area contributed by atoms with Gasteiger partial charge < -0.3 is 4.40 Å². The molecule has 3 fully saturated rings. The van der Waals surface area contributed by atoms with Crippen molar-refractivity contribution in [3.8, 4) is 0 Å². The Bertz CT molecular complexity index is 1350. The lowest BCUT2D eigenvalue weighted by molar-refractivity contribution is -0.262. The first-order valence-electron chi connectivity index (χ1n) is 13.5. The second kappa shape index (κ2) is 8.26. The van der Waals surface area contributed by atoms with Crippen LogP contribution in [0, 0.1) is 22.2 Å². The molecule has 0 amide bonds. The number of hydrogen-bond acceptors (Lipinski definition) is 3. The van der Waals surface area contributed by atoms with Gasteiger partial charge in [-0.2, -0.15) is 0 Å². The first-order chi connectivity index (χ1) is 17.2. The molecule has 4 heteroatoms. The van der Waals surface area contributed by atoms with E-state index in [0.29, 0.717) is 34.7 Å². The highest BCUT2D eigenvalue weighted by atomic mass is 16.1. The second-order valence-electron chi connectivity index (χ2n) is 12.7. The zero-order valence-corrected chi connectivity index (χ0v) is 21.7. The predicted molar refractivity (Wildman–Crippen MR) is 143 cm³/mol. The minimum atomic E-state index is -0.238. The average molecular weight is 481 g/mol. The summed E-state index contributed by atoms with van der Waals surface area (Å²) in [7, 11) is 0. The maximum atomic E-state index is 12.8. The lowest BCUT2D eigenvalue weighted by Gasteiger charge is -2.76. The molecule has 1 atom stereocenters.